The molecule has 15 heavy (non-hydrogen) atoms. The summed E-state index contributed by atoms with van der Waals surface area (Å²) in [4.78, 5) is 2.44. The topological polar surface area (TPSA) is 38.5 Å². The number of hydrogen-bond acceptors (Lipinski definition) is 3. The molecule has 2 rings (SSSR count). The van der Waals surface area contributed by atoms with Gasteiger partial charge < -0.3 is 10.5 Å². The van der Waals surface area contributed by atoms with E-state index in [0.717, 1.165) is 32.0 Å². The summed E-state index contributed by atoms with van der Waals surface area (Å²) in [5.74, 6) is 0. The van der Waals surface area contributed by atoms with Crippen molar-refractivity contribution in [3.05, 3.63) is 29.8 Å². The average molecular weight is 206 g/mol. The van der Waals surface area contributed by atoms with Gasteiger partial charge in [0.1, 0.15) is 0 Å². The fourth-order valence-corrected chi connectivity index (χ4v) is 1.95. The molecule has 0 spiro atoms. The maximum absolute atomic E-state index is 5.67. The van der Waals surface area contributed by atoms with E-state index in [9.17, 15) is 0 Å². The standard InChI is InChI=1S/C12H18N2O/c1-10(14-6-8-15-9-7-14)11-2-4-12(13)5-3-11/h2-5,10H,6-9,13H2,1H3/t10-/m0/s1. The highest BCUT2D eigenvalue weighted by atomic mass is 16.5. The molecule has 0 radical (unpaired) electrons. The summed E-state index contributed by atoms with van der Waals surface area (Å²) in [5.41, 5.74) is 7.82. The predicted octanol–water partition coefficient (Wildman–Crippen LogP) is 1.66. The minimum atomic E-state index is 0.453. The van der Waals surface area contributed by atoms with Crippen molar-refractivity contribution in [3.63, 3.8) is 0 Å². The number of hydrogen-bond donors (Lipinski definition) is 1. The molecule has 0 unspecified atom stereocenters. The van der Waals surface area contributed by atoms with Crippen LogP contribution in [-0.4, -0.2) is 31.2 Å². The predicted molar refractivity (Wildman–Crippen MR) is 61.7 cm³/mol. The monoisotopic (exact) mass is 206 g/mol. The Kier molecular flexibility index (Phi) is 3.23. The van der Waals surface area contributed by atoms with Crippen LogP contribution in [0.15, 0.2) is 24.3 Å². The van der Waals surface area contributed by atoms with Gasteiger partial charge in [-0.3, -0.25) is 4.90 Å². The van der Waals surface area contributed by atoms with Crippen molar-refractivity contribution in [1.82, 2.24) is 4.90 Å². The van der Waals surface area contributed by atoms with Crippen molar-refractivity contribution < 1.29 is 4.74 Å². The zero-order chi connectivity index (χ0) is 10.7. The van der Waals surface area contributed by atoms with Gasteiger partial charge in [0.25, 0.3) is 0 Å². The molecule has 1 atom stereocenters. The van der Waals surface area contributed by atoms with E-state index in [4.69, 9.17) is 10.5 Å². The molecule has 3 heteroatoms. The van der Waals surface area contributed by atoms with E-state index < -0.39 is 0 Å². The maximum atomic E-state index is 5.67. The number of benzene rings is 1. The molecule has 82 valence electrons. The Balaban J connectivity index is 2.05. The number of morpholine rings is 1. The number of anilines is 1. The zero-order valence-corrected chi connectivity index (χ0v) is 9.15. The molecule has 0 aromatic heterocycles. The highest BCUT2D eigenvalue weighted by Crippen LogP contribution is 2.21. The van der Waals surface area contributed by atoms with Gasteiger partial charge in [-0.15, -0.1) is 0 Å². The van der Waals surface area contributed by atoms with Crippen LogP contribution < -0.4 is 5.73 Å². The van der Waals surface area contributed by atoms with E-state index >= 15 is 0 Å². The molecule has 0 saturated carbocycles. The number of ether oxygens (including phenoxy) is 1. The Morgan fingerprint density at radius 3 is 2.40 bits per heavy atom. The first-order chi connectivity index (χ1) is 7.27. The van der Waals surface area contributed by atoms with Gasteiger partial charge in [-0.25, -0.2) is 0 Å². The first-order valence-corrected chi connectivity index (χ1v) is 5.44. The van der Waals surface area contributed by atoms with Crippen molar-refractivity contribution >= 4 is 5.69 Å². The van der Waals surface area contributed by atoms with Crippen LogP contribution in [0.2, 0.25) is 0 Å². The van der Waals surface area contributed by atoms with Crippen LogP contribution in [0.1, 0.15) is 18.5 Å². The van der Waals surface area contributed by atoms with Gasteiger partial charge in [0.15, 0.2) is 0 Å². The number of nitrogen functional groups attached to an aromatic ring is 1. The van der Waals surface area contributed by atoms with Crippen LogP contribution in [0.3, 0.4) is 0 Å². The molecule has 1 aliphatic heterocycles. The smallest absolute Gasteiger partial charge is 0.0594 e. The van der Waals surface area contributed by atoms with Crippen LogP contribution in [0.25, 0.3) is 0 Å². The van der Waals surface area contributed by atoms with E-state index in [1.807, 2.05) is 12.1 Å². The minimum absolute atomic E-state index is 0.453. The van der Waals surface area contributed by atoms with Crippen LogP contribution in [0.4, 0.5) is 5.69 Å². The highest BCUT2D eigenvalue weighted by Gasteiger charge is 2.17. The summed E-state index contributed by atoms with van der Waals surface area (Å²) < 4.78 is 5.34. The highest BCUT2D eigenvalue weighted by molar-refractivity contribution is 5.40. The lowest BCUT2D eigenvalue weighted by molar-refractivity contribution is 0.0198. The van der Waals surface area contributed by atoms with Gasteiger partial charge in [0.2, 0.25) is 0 Å². The molecule has 1 aromatic rings. The summed E-state index contributed by atoms with van der Waals surface area (Å²) in [6, 6.07) is 8.60. The molecule has 3 nitrogen and oxygen atoms in total. The van der Waals surface area contributed by atoms with Crippen LogP contribution in [-0.2, 0) is 4.74 Å². The number of nitrogens with zero attached hydrogens (tertiary/aromatic N) is 1. The summed E-state index contributed by atoms with van der Waals surface area (Å²) in [6.07, 6.45) is 0. The fraction of sp³-hybridized carbons (Fsp3) is 0.500. The van der Waals surface area contributed by atoms with Crippen molar-refractivity contribution in [3.8, 4) is 0 Å². The van der Waals surface area contributed by atoms with Gasteiger partial charge in [-0.1, -0.05) is 12.1 Å². The van der Waals surface area contributed by atoms with Crippen molar-refractivity contribution in [1.29, 1.82) is 0 Å². The largest absolute Gasteiger partial charge is 0.399 e. The van der Waals surface area contributed by atoms with Crippen molar-refractivity contribution in [2.75, 3.05) is 32.0 Å². The third-order valence-corrected chi connectivity index (χ3v) is 3.01. The minimum Gasteiger partial charge on any atom is -0.399 e. The second-order valence-corrected chi connectivity index (χ2v) is 3.99. The molecular weight excluding hydrogens is 188 g/mol. The normalized spacial score (nSPS) is 20.1. The Labute approximate surface area is 90.8 Å². The van der Waals surface area contributed by atoms with E-state index in [0.29, 0.717) is 6.04 Å². The molecule has 2 N–H and O–H groups in total. The maximum Gasteiger partial charge on any atom is 0.0594 e. The van der Waals surface area contributed by atoms with E-state index in [-0.39, 0.29) is 0 Å². The fourth-order valence-electron chi connectivity index (χ4n) is 1.95. The Morgan fingerprint density at radius 2 is 1.80 bits per heavy atom. The van der Waals surface area contributed by atoms with Crippen molar-refractivity contribution in [2.45, 2.75) is 13.0 Å². The summed E-state index contributed by atoms with van der Waals surface area (Å²) in [7, 11) is 0. The van der Waals surface area contributed by atoms with Crippen LogP contribution >= 0.6 is 0 Å². The number of rotatable bonds is 2. The Morgan fingerprint density at radius 1 is 1.20 bits per heavy atom. The molecular formula is C12H18N2O. The zero-order valence-electron chi connectivity index (χ0n) is 9.15. The summed E-state index contributed by atoms with van der Waals surface area (Å²) in [5, 5.41) is 0. The van der Waals surface area contributed by atoms with Crippen LogP contribution in [0.5, 0.6) is 0 Å². The van der Waals surface area contributed by atoms with Gasteiger partial charge in [-0.2, -0.15) is 0 Å². The van der Waals surface area contributed by atoms with Gasteiger partial charge in [-0.05, 0) is 24.6 Å². The SMILES string of the molecule is C[C@@H](c1ccc(N)cc1)N1CCOCC1. The lowest BCUT2D eigenvalue weighted by atomic mass is 10.1. The third kappa shape index (κ3) is 2.49. The lowest BCUT2D eigenvalue weighted by Crippen LogP contribution is -2.37. The Bertz CT molecular complexity index is 304. The summed E-state index contributed by atoms with van der Waals surface area (Å²) in [6.45, 7) is 5.96. The first kappa shape index (κ1) is 10.5. The average Bonchev–Trinajstić information content (AvgIpc) is 2.30. The van der Waals surface area contributed by atoms with E-state index in [1.54, 1.807) is 0 Å². The first-order valence-electron chi connectivity index (χ1n) is 5.44. The molecule has 0 amide bonds. The molecule has 1 heterocycles. The van der Waals surface area contributed by atoms with E-state index in [1.165, 1.54) is 5.56 Å². The lowest BCUT2D eigenvalue weighted by Gasteiger charge is -2.32. The molecule has 1 aliphatic rings. The molecule has 1 fully saturated rings. The quantitative estimate of drug-likeness (QED) is 0.748. The van der Waals surface area contributed by atoms with Crippen molar-refractivity contribution in [2.24, 2.45) is 0 Å². The Hall–Kier alpha value is -1.06. The van der Waals surface area contributed by atoms with Gasteiger partial charge in [0.05, 0.1) is 13.2 Å². The third-order valence-electron chi connectivity index (χ3n) is 3.01. The molecule has 1 saturated heterocycles. The van der Waals surface area contributed by atoms with Gasteiger partial charge >= 0.3 is 0 Å². The van der Waals surface area contributed by atoms with Gasteiger partial charge in [0, 0.05) is 24.8 Å². The number of nitrogens with two attached hydrogens (primary N) is 1. The summed E-state index contributed by atoms with van der Waals surface area (Å²) >= 11 is 0. The second kappa shape index (κ2) is 4.64. The van der Waals surface area contributed by atoms with E-state index in [2.05, 4.69) is 24.0 Å². The molecule has 1 aromatic carbocycles. The second-order valence-electron chi connectivity index (χ2n) is 3.99. The molecule has 0 aliphatic carbocycles. The molecule has 0 bridgehead atoms. The van der Waals surface area contributed by atoms with Crippen LogP contribution in [0, 0.1) is 0 Å².